The zero-order valence-corrected chi connectivity index (χ0v) is 14.3. The van der Waals surface area contributed by atoms with Gasteiger partial charge >= 0.3 is 0 Å². The molecule has 1 heterocycles. The molecule has 110 valence electrons. The summed E-state index contributed by atoms with van der Waals surface area (Å²) in [5.74, 6) is 0.861. The van der Waals surface area contributed by atoms with Gasteiger partial charge in [0.2, 0.25) is 0 Å². The second kappa shape index (κ2) is 5.76. The molecule has 0 aliphatic rings. The van der Waals surface area contributed by atoms with Gasteiger partial charge in [0.05, 0.1) is 21.6 Å². The highest BCUT2D eigenvalue weighted by atomic mass is 35.5. The summed E-state index contributed by atoms with van der Waals surface area (Å²) in [4.78, 5) is 0. The number of furan rings is 1. The molecular formula is C15H18Cl3NO. The van der Waals surface area contributed by atoms with Crippen molar-refractivity contribution in [3.05, 3.63) is 32.5 Å². The number of fused-ring (bicyclic) bond motifs is 1. The smallest absolute Gasteiger partial charge is 0.154 e. The molecule has 1 aromatic heterocycles. The molecule has 0 atom stereocenters. The zero-order valence-electron chi connectivity index (χ0n) is 12.0. The van der Waals surface area contributed by atoms with Crippen molar-refractivity contribution in [2.45, 2.75) is 39.7 Å². The Kier molecular flexibility index (Phi) is 4.60. The lowest BCUT2D eigenvalue weighted by molar-refractivity contribution is 0.487. The molecular weight excluding hydrogens is 317 g/mol. The van der Waals surface area contributed by atoms with Crippen molar-refractivity contribution in [2.75, 3.05) is 6.54 Å². The Morgan fingerprint density at radius 1 is 1.15 bits per heavy atom. The van der Waals surface area contributed by atoms with Crippen LogP contribution < -0.4 is 5.32 Å². The average molecular weight is 335 g/mol. The van der Waals surface area contributed by atoms with Crippen LogP contribution in [0.1, 0.15) is 39.0 Å². The van der Waals surface area contributed by atoms with E-state index < -0.39 is 0 Å². The fourth-order valence-corrected chi connectivity index (χ4v) is 3.11. The Morgan fingerprint density at radius 3 is 2.35 bits per heavy atom. The highest BCUT2D eigenvalue weighted by molar-refractivity contribution is 6.47. The maximum atomic E-state index is 6.39. The third-order valence-electron chi connectivity index (χ3n) is 3.17. The van der Waals surface area contributed by atoms with Gasteiger partial charge in [-0.05, 0) is 18.0 Å². The summed E-state index contributed by atoms with van der Waals surface area (Å²) in [6, 6.07) is 1.63. The van der Waals surface area contributed by atoms with E-state index in [4.69, 9.17) is 39.2 Å². The van der Waals surface area contributed by atoms with Gasteiger partial charge in [0.25, 0.3) is 0 Å². The number of hydrogen-bond acceptors (Lipinski definition) is 2. The maximum Gasteiger partial charge on any atom is 0.154 e. The first-order valence-electron chi connectivity index (χ1n) is 6.57. The quantitative estimate of drug-likeness (QED) is 0.718. The minimum absolute atomic E-state index is 0.117. The third kappa shape index (κ3) is 2.80. The summed E-state index contributed by atoms with van der Waals surface area (Å²) in [5, 5.41) is 5.54. The Hall–Kier alpha value is -0.410. The normalized spacial score (nSPS) is 12.3. The van der Waals surface area contributed by atoms with E-state index in [1.165, 1.54) is 0 Å². The van der Waals surface area contributed by atoms with Crippen LogP contribution in [0.2, 0.25) is 15.1 Å². The molecule has 0 unspecified atom stereocenters. The third-order valence-corrected chi connectivity index (χ3v) is 4.23. The van der Waals surface area contributed by atoms with Crippen LogP contribution in [-0.4, -0.2) is 6.54 Å². The number of benzene rings is 1. The summed E-state index contributed by atoms with van der Waals surface area (Å²) >= 11 is 18.8. The van der Waals surface area contributed by atoms with Crippen LogP contribution in [0.4, 0.5) is 0 Å². The molecule has 0 aliphatic carbocycles. The van der Waals surface area contributed by atoms with E-state index in [1.54, 1.807) is 6.07 Å². The zero-order chi connectivity index (χ0) is 15.1. The minimum Gasteiger partial charge on any atom is -0.458 e. The number of rotatable bonds is 3. The summed E-state index contributed by atoms with van der Waals surface area (Å²) in [6.07, 6.45) is 0. The number of halogens is 3. The predicted molar refractivity (Wildman–Crippen MR) is 87.3 cm³/mol. The minimum atomic E-state index is -0.117. The van der Waals surface area contributed by atoms with Crippen LogP contribution in [0.5, 0.6) is 0 Å². The van der Waals surface area contributed by atoms with Crippen LogP contribution in [-0.2, 0) is 12.0 Å². The molecule has 5 heteroatoms. The Balaban J connectivity index is 2.81. The van der Waals surface area contributed by atoms with E-state index in [9.17, 15) is 0 Å². The lowest BCUT2D eigenvalue weighted by atomic mass is 9.84. The van der Waals surface area contributed by atoms with Crippen LogP contribution in [0, 0.1) is 0 Å². The maximum absolute atomic E-state index is 6.39. The van der Waals surface area contributed by atoms with E-state index in [2.05, 4.69) is 33.0 Å². The average Bonchev–Trinajstić information content (AvgIpc) is 2.73. The summed E-state index contributed by atoms with van der Waals surface area (Å²) in [5.41, 5.74) is 1.55. The van der Waals surface area contributed by atoms with E-state index >= 15 is 0 Å². The van der Waals surface area contributed by atoms with Crippen molar-refractivity contribution in [1.29, 1.82) is 0 Å². The molecule has 2 nitrogen and oxygen atoms in total. The molecule has 0 saturated heterocycles. The van der Waals surface area contributed by atoms with E-state index in [0.29, 0.717) is 27.2 Å². The number of hydrogen-bond donors (Lipinski definition) is 1. The van der Waals surface area contributed by atoms with Gasteiger partial charge in [-0.15, -0.1) is 0 Å². The molecule has 0 aliphatic heterocycles. The fraction of sp³-hybridized carbons (Fsp3) is 0.467. The predicted octanol–water partition coefficient (Wildman–Crippen LogP) is 5.80. The first-order valence-corrected chi connectivity index (χ1v) is 7.70. The Morgan fingerprint density at radius 2 is 1.80 bits per heavy atom. The van der Waals surface area contributed by atoms with Crippen LogP contribution in [0.15, 0.2) is 10.5 Å². The highest BCUT2D eigenvalue weighted by Gasteiger charge is 2.28. The van der Waals surface area contributed by atoms with E-state index in [1.807, 2.05) is 0 Å². The van der Waals surface area contributed by atoms with Gasteiger partial charge in [0, 0.05) is 10.9 Å². The molecule has 0 saturated carbocycles. The standard InChI is InChI=1S/C15H18Cl3NO/c1-5-19-7-10-12(15(2,3)4)11-13(18)8(16)6-9(17)14(11)20-10/h6,19H,5,7H2,1-4H3. The summed E-state index contributed by atoms with van der Waals surface area (Å²) < 4.78 is 5.96. The van der Waals surface area contributed by atoms with Gasteiger partial charge in [0.1, 0.15) is 5.76 Å². The number of nitrogens with one attached hydrogen (secondary N) is 1. The van der Waals surface area contributed by atoms with Crippen molar-refractivity contribution in [3.63, 3.8) is 0 Å². The molecule has 1 aromatic carbocycles. The van der Waals surface area contributed by atoms with Crippen LogP contribution in [0.25, 0.3) is 11.0 Å². The molecule has 1 N–H and O–H groups in total. The Bertz CT molecular complexity index is 641. The molecule has 2 rings (SSSR count). The van der Waals surface area contributed by atoms with Gasteiger partial charge in [0.15, 0.2) is 5.58 Å². The first-order chi connectivity index (χ1) is 9.27. The molecule has 20 heavy (non-hydrogen) atoms. The SMILES string of the molecule is CCNCc1oc2c(Cl)cc(Cl)c(Cl)c2c1C(C)(C)C. The van der Waals surface area contributed by atoms with Gasteiger partial charge in [-0.25, -0.2) is 0 Å². The molecule has 0 fully saturated rings. The van der Waals surface area contributed by atoms with Gasteiger partial charge in [-0.1, -0.05) is 62.5 Å². The van der Waals surface area contributed by atoms with Crippen molar-refractivity contribution < 1.29 is 4.42 Å². The largest absolute Gasteiger partial charge is 0.458 e. The molecule has 0 spiro atoms. The van der Waals surface area contributed by atoms with Crippen molar-refractivity contribution in [2.24, 2.45) is 0 Å². The van der Waals surface area contributed by atoms with Gasteiger partial charge < -0.3 is 9.73 Å². The van der Waals surface area contributed by atoms with E-state index in [0.717, 1.165) is 23.3 Å². The summed E-state index contributed by atoms with van der Waals surface area (Å²) in [7, 11) is 0. The van der Waals surface area contributed by atoms with Crippen molar-refractivity contribution in [1.82, 2.24) is 5.32 Å². The monoisotopic (exact) mass is 333 g/mol. The molecule has 0 amide bonds. The van der Waals surface area contributed by atoms with E-state index in [-0.39, 0.29) is 5.41 Å². The lowest BCUT2D eigenvalue weighted by Crippen LogP contribution is -2.18. The fourth-order valence-electron chi connectivity index (χ4n) is 2.37. The second-order valence-electron chi connectivity index (χ2n) is 5.79. The second-order valence-corrected chi connectivity index (χ2v) is 6.98. The van der Waals surface area contributed by atoms with Crippen molar-refractivity contribution in [3.8, 4) is 0 Å². The lowest BCUT2D eigenvalue weighted by Gasteiger charge is -2.20. The molecule has 0 radical (unpaired) electrons. The van der Waals surface area contributed by atoms with Crippen molar-refractivity contribution >= 4 is 45.8 Å². The Labute approximate surface area is 134 Å². The molecule has 2 aromatic rings. The first kappa shape index (κ1) is 16.0. The highest BCUT2D eigenvalue weighted by Crippen LogP contribution is 2.44. The van der Waals surface area contributed by atoms with Gasteiger partial charge in [-0.2, -0.15) is 0 Å². The van der Waals surface area contributed by atoms with Crippen LogP contribution in [0.3, 0.4) is 0 Å². The summed E-state index contributed by atoms with van der Waals surface area (Å²) in [6.45, 7) is 9.93. The van der Waals surface area contributed by atoms with Crippen LogP contribution >= 0.6 is 34.8 Å². The topological polar surface area (TPSA) is 25.2 Å². The van der Waals surface area contributed by atoms with Gasteiger partial charge in [-0.3, -0.25) is 0 Å². The molecule has 0 bridgehead atoms.